The summed E-state index contributed by atoms with van der Waals surface area (Å²) in [5.74, 6) is 0. The first kappa shape index (κ1) is 14.9. The second-order valence-corrected chi connectivity index (χ2v) is 5.49. The molecule has 0 aromatic rings. The lowest BCUT2D eigenvalue weighted by molar-refractivity contribution is -0.101. The zero-order chi connectivity index (χ0) is 12.9. The highest BCUT2D eigenvalue weighted by molar-refractivity contribution is 4.99. The van der Waals surface area contributed by atoms with Gasteiger partial charge in [0.05, 0.1) is 11.7 Å². The van der Waals surface area contributed by atoms with Gasteiger partial charge in [0, 0.05) is 32.3 Å². The molecule has 3 atom stereocenters. The van der Waals surface area contributed by atoms with Crippen molar-refractivity contribution in [3.63, 3.8) is 0 Å². The average Bonchev–Trinajstić information content (AvgIpc) is 2.36. The first-order chi connectivity index (χ1) is 7.99. The summed E-state index contributed by atoms with van der Waals surface area (Å²) in [7, 11) is 1.74. The largest absolute Gasteiger partial charge is 0.380 e. The molecule has 17 heavy (non-hydrogen) atoms. The summed E-state index contributed by atoms with van der Waals surface area (Å²) in [5, 5.41) is 3.59. The molecule has 0 radical (unpaired) electrons. The van der Waals surface area contributed by atoms with Crippen molar-refractivity contribution in [1.29, 1.82) is 0 Å². The number of ether oxygens (including phenoxy) is 2. The maximum atomic E-state index is 5.98. The minimum absolute atomic E-state index is 0.00972. The van der Waals surface area contributed by atoms with Gasteiger partial charge in [-0.05, 0) is 33.1 Å². The maximum absolute atomic E-state index is 5.98. The van der Waals surface area contributed by atoms with Crippen LogP contribution in [-0.4, -0.2) is 44.1 Å². The van der Waals surface area contributed by atoms with Crippen LogP contribution in [0.4, 0.5) is 0 Å². The second-order valence-electron chi connectivity index (χ2n) is 5.49. The summed E-state index contributed by atoms with van der Waals surface area (Å²) >= 11 is 0. The molecule has 4 heteroatoms. The zero-order valence-electron chi connectivity index (χ0n) is 11.7. The van der Waals surface area contributed by atoms with Crippen LogP contribution < -0.4 is 11.1 Å². The van der Waals surface area contributed by atoms with E-state index in [0.717, 1.165) is 32.4 Å². The third-order valence-electron chi connectivity index (χ3n) is 4.05. The normalized spacial score (nSPS) is 35.8. The Morgan fingerprint density at radius 1 is 1.53 bits per heavy atom. The SMILES string of the molecule is CCC1(C)CC(CN)(NCC(C)OC)CCO1. The van der Waals surface area contributed by atoms with Crippen molar-refractivity contribution in [1.82, 2.24) is 5.32 Å². The van der Waals surface area contributed by atoms with E-state index >= 15 is 0 Å². The van der Waals surface area contributed by atoms with Gasteiger partial charge in [-0.2, -0.15) is 0 Å². The van der Waals surface area contributed by atoms with E-state index in [9.17, 15) is 0 Å². The molecule has 3 unspecified atom stereocenters. The highest BCUT2D eigenvalue weighted by Gasteiger charge is 2.41. The Kier molecular flexibility index (Phi) is 5.38. The third-order valence-corrected chi connectivity index (χ3v) is 4.05. The molecule has 0 aromatic carbocycles. The lowest BCUT2D eigenvalue weighted by Gasteiger charge is -2.46. The van der Waals surface area contributed by atoms with E-state index in [1.54, 1.807) is 7.11 Å². The van der Waals surface area contributed by atoms with Gasteiger partial charge in [0.25, 0.3) is 0 Å². The fourth-order valence-corrected chi connectivity index (χ4v) is 2.42. The number of hydrogen-bond donors (Lipinski definition) is 2. The van der Waals surface area contributed by atoms with Gasteiger partial charge in [-0.25, -0.2) is 0 Å². The van der Waals surface area contributed by atoms with Crippen LogP contribution >= 0.6 is 0 Å². The molecule has 0 spiro atoms. The van der Waals surface area contributed by atoms with E-state index in [1.807, 2.05) is 0 Å². The molecular weight excluding hydrogens is 216 g/mol. The zero-order valence-corrected chi connectivity index (χ0v) is 11.7. The van der Waals surface area contributed by atoms with Gasteiger partial charge in [-0.1, -0.05) is 6.92 Å². The minimum atomic E-state index is -0.0407. The average molecular weight is 244 g/mol. The van der Waals surface area contributed by atoms with Crippen LogP contribution in [0.1, 0.15) is 40.0 Å². The van der Waals surface area contributed by atoms with Gasteiger partial charge >= 0.3 is 0 Å². The highest BCUT2D eigenvalue weighted by atomic mass is 16.5. The van der Waals surface area contributed by atoms with Crippen LogP contribution in [0.25, 0.3) is 0 Å². The standard InChI is InChI=1S/C13H28N2O2/c1-5-12(3)9-13(10-14,6-7-17-12)15-8-11(2)16-4/h11,15H,5-10,14H2,1-4H3. The maximum Gasteiger partial charge on any atom is 0.0670 e. The monoisotopic (exact) mass is 244 g/mol. The van der Waals surface area contributed by atoms with Crippen LogP contribution in [0.3, 0.4) is 0 Å². The van der Waals surface area contributed by atoms with Crippen molar-refractivity contribution in [3.05, 3.63) is 0 Å². The Morgan fingerprint density at radius 2 is 2.24 bits per heavy atom. The first-order valence-electron chi connectivity index (χ1n) is 6.61. The van der Waals surface area contributed by atoms with Crippen LogP contribution in [0.5, 0.6) is 0 Å². The number of nitrogens with one attached hydrogen (secondary N) is 1. The molecule has 1 saturated heterocycles. The third kappa shape index (κ3) is 3.91. The summed E-state index contributed by atoms with van der Waals surface area (Å²) in [6.45, 7) is 8.70. The fraction of sp³-hybridized carbons (Fsp3) is 1.00. The van der Waals surface area contributed by atoms with Gasteiger partial charge in [0.15, 0.2) is 0 Å². The van der Waals surface area contributed by atoms with Crippen molar-refractivity contribution in [3.8, 4) is 0 Å². The van der Waals surface area contributed by atoms with E-state index in [1.165, 1.54) is 0 Å². The summed E-state index contributed by atoms with van der Waals surface area (Å²) in [6, 6.07) is 0. The molecule has 1 aliphatic rings. The Bertz CT molecular complexity index is 237. The van der Waals surface area contributed by atoms with Gasteiger partial charge < -0.3 is 20.5 Å². The van der Waals surface area contributed by atoms with Crippen molar-refractivity contribution in [2.24, 2.45) is 5.73 Å². The smallest absolute Gasteiger partial charge is 0.0670 e. The van der Waals surface area contributed by atoms with Gasteiger partial charge in [-0.15, -0.1) is 0 Å². The molecule has 0 bridgehead atoms. The molecule has 0 saturated carbocycles. The molecule has 1 fully saturated rings. The molecule has 102 valence electrons. The number of nitrogens with two attached hydrogens (primary N) is 1. The van der Waals surface area contributed by atoms with E-state index in [4.69, 9.17) is 15.2 Å². The minimum Gasteiger partial charge on any atom is -0.380 e. The molecule has 1 aliphatic heterocycles. The van der Waals surface area contributed by atoms with Crippen molar-refractivity contribution in [2.75, 3.05) is 26.8 Å². The Morgan fingerprint density at radius 3 is 2.76 bits per heavy atom. The molecule has 1 rings (SSSR count). The molecular formula is C13H28N2O2. The number of hydrogen-bond acceptors (Lipinski definition) is 4. The van der Waals surface area contributed by atoms with E-state index in [2.05, 4.69) is 26.1 Å². The van der Waals surface area contributed by atoms with E-state index in [-0.39, 0.29) is 17.2 Å². The summed E-state index contributed by atoms with van der Waals surface area (Å²) < 4.78 is 11.2. The topological polar surface area (TPSA) is 56.5 Å². The fourth-order valence-electron chi connectivity index (χ4n) is 2.42. The predicted octanol–water partition coefficient (Wildman–Crippen LogP) is 1.29. The van der Waals surface area contributed by atoms with Crippen molar-refractivity contribution < 1.29 is 9.47 Å². The van der Waals surface area contributed by atoms with Gasteiger partial charge in [0.2, 0.25) is 0 Å². The molecule has 3 N–H and O–H groups in total. The van der Waals surface area contributed by atoms with Crippen LogP contribution in [0, 0.1) is 0 Å². The van der Waals surface area contributed by atoms with Crippen LogP contribution in [0.15, 0.2) is 0 Å². The summed E-state index contributed by atoms with van der Waals surface area (Å²) in [4.78, 5) is 0. The summed E-state index contributed by atoms with van der Waals surface area (Å²) in [6.07, 6.45) is 3.20. The molecule has 0 aliphatic carbocycles. The molecule has 0 aromatic heterocycles. The van der Waals surface area contributed by atoms with E-state index < -0.39 is 0 Å². The first-order valence-corrected chi connectivity index (χ1v) is 6.61. The van der Waals surface area contributed by atoms with Crippen LogP contribution in [0.2, 0.25) is 0 Å². The molecule has 4 nitrogen and oxygen atoms in total. The molecule has 1 heterocycles. The van der Waals surface area contributed by atoms with Gasteiger partial charge in [0.1, 0.15) is 0 Å². The number of rotatable bonds is 6. The lowest BCUT2D eigenvalue weighted by Crippen LogP contribution is -2.60. The Hall–Kier alpha value is -0.160. The Labute approximate surface area is 105 Å². The summed E-state index contributed by atoms with van der Waals surface area (Å²) in [5.41, 5.74) is 5.95. The quantitative estimate of drug-likeness (QED) is 0.739. The molecule has 0 amide bonds. The second kappa shape index (κ2) is 6.14. The predicted molar refractivity (Wildman–Crippen MR) is 70.1 cm³/mol. The number of methoxy groups -OCH3 is 1. The van der Waals surface area contributed by atoms with Crippen LogP contribution in [-0.2, 0) is 9.47 Å². The van der Waals surface area contributed by atoms with Crippen molar-refractivity contribution in [2.45, 2.75) is 57.3 Å². The van der Waals surface area contributed by atoms with E-state index in [0.29, 0.717) is 6.54 Å². The Balaban J connectivity index is 2.61. The lowest BCUT2D eigenvalue weighted by atomic mass is 9.79. The van der Waals surface area contributed by atoms with Gasteiger partial charge in [-0.3, -0.25) is 0 Å². The van der Waals surface area contributed by atoms with Crippen molar-refractivity contribution >= 4 is 0 Å². The highest BCUT2D eigenvalue weighted by Crippen LogP contribution is 2.33.